The Hall–Kier alpha value is -3.26. The largest absolute Gasteiger partial charge is 0.493 e. The van der Waals surface area contributed by atoms with Crippen molar-refractivity contribution in [2.75, 3.05) is 19.5 Å². The summed E-state index contributed by atoms with van der Waals surface area (Å²) < 4.78 is 17.5. The molecule has 0 aliphatic rings. The summed E-state index contributed by atoms with van der Waals surface area (Å²) in [7, 11) is 3.20. The molecule has 9 heteroatoms. The van der Waals surface area contributed by atoms with Crippen LogP contribution in [0.25, 0.3) is 17.2 Å². The average molecular weight is 386 g/mol. The normalized spacial score (nSPS) is 10.9. The van der Waals surface area contributed by atoms with Crippen molar-refractivity contribution in [3.63, 3.8) is 0 Å². The van der Waals surface area contributed by atoms with Crippen LogP contribution in [0.2, 0.25) is 5.15 Å². The summed E-state index contributed by atoms with van der Waals surface area (Å²) in [5.74, 6) is 2.82. The lowest BCUT2D eigenvalue weighted by Crippen LogP contribution is -2.08. The Balaban J connectivity index is 1.64. The van der Waals surface area contributed by atoms with Gasteiger partial charge in [-0.1, -0.05) is 17.7 Å². The van der Waals surface area contributed by atoms with Gasteiger partial charge < -0.3 is 19.2 Å². The minimum Gasteiger partial charge on any atom is -0.493 e. The Morgan fingerprint density at radius 1 is 1.11 bits per heavy atom. The quantitative estimate of drug-likeness (QED) is 0.507. The van der Waals surface area contributed by atoms with Gasteiger partial charge in [0.1, 0.15) is 5.15 Å². The highest BCUT2D eigenvalue weighted by Gasteiger charge is 2.14. The lowest BCUT2D eigenvalue weighted by atomic mass is 10.2. The third kappa shape index (κ3) is 3.39. The van der Waals surface area contributed by atoms with Gasteiger partial charge in [0.05, 0.1) is 20.5 Å². The Morgan fingerprint density at radius 3 is 2.70 bits per heavy atom. The number of nitrogens with zero attached hydrogens (tertiary/aromatic N) is 4. The second kappa shape index (κ2) is 7.16. The Bertz CT molecular complexity index is 1080. The van der Waals surface area contributed by atoms with E-state index in [1.807, 2.05) is 18.2 Å². The molecule has 27 heavy (non-hydrogen) atoms. The zero-order valence-electron chi connectivity index (χ0n) is 14.6. The first-order valence-corrected chi connectivity index (χ1v) is 8.47. The molecule has 1 N–H and O–H groups in total. The fourth-order valence-electron chi connectivity index (χ4n) is 2.66. The standard InChI is InChI=1S/C18H16ClN5O3/c1-25-12-6-5-11(8-14(12)26-2)10-20-18-21-15(19)9-16-22-17(23-24(16)18)13-4-3-7-27-13/h3-9H,10H2,1-2H3,(H,20,21). The minimum absolute atomic E-state index is 0.315. The van der Waals surface area contributed by atoms with Crippen LogP contribution in [-0.2, 0) is 6.54 Å². The average Bonchev–Trinajstić information content (AvgIpc) is 3.35. The summed E-state index contributed by atoms with van der Waals surface area (Å²) in [6, 6.07) is 10.9. The van der Waals surface area contributed by atoms with E-state index >= 15 is 0 Å². The first-order valence-electron chi connectivity index (χ1n) is 8.10. The Labute approximate surface area is 159 Å². The van der Waals surface area contributed by atoms with Gasteiger partial charge in [-0.3, -0.25) is 0 Å². The number of ether oxygens (including phenoxy) is 2. The van der Waals surface area contributed by atoms with Crippen LogP contribution in [0.5, 0.6) is 11.5 Å². The van der Waals surface area contributed by atoms with Crippen molar-refractivity contribution in [3.8, 4) is 23.1 Å². The van der Waals surface area contributed by atoms with Crippen LogP contribution in [0.3, 0.4) is 0 Å². The highest BCUT2D eigenvalue weighted by molar-refractivity contribution is 6.29. The number of aromatic nitrogens is 4. The van der Waals surface area contributed by atoms with Gasteiger partial charge in [0.15, 0.2) is 22.9 Å². The molecule has 0 bridgehead atoms. The molecule has 0 aliphatic heterocycles. The van der Waals surface area contributed by atoms with Gasteiger partial charge >= 0.3 is 0 Å². The molecule has 138 valence electrons. The zero-order valence-corrected chi connectivity index (χ0v) is 15.4. The molecule has 1 aromatic carbocycles. The van der Waals surface area contributed by atoms with Gasteiger partial charge in [0.25, 0.3) is 0 Å². The molecule has 0 spiro atoms. The molecule has 0 unspecified atom stereocenters. The fraction of sp³-hybridized carbons (Fsp3) is 0.167. The number of fused-ring (bicyclic) bond motifs is 1. The van der Waals surface area contributed by atoms with E-state index in [-0.39, 0.29) is 0 Å². The lowest BCUT2D eigenvalue weighted by molar-refractivity contribution is 0.354. The summed E-state index contributed by atoms with van der Waals surface area (Å²) >= 11 is 6.13. The molecule has 0 amide bonds. The smallest absolute Gasteiger partial charge is 0.227 e. The summed E-state index contributed by atoms with van der Waals surface area (Å²) in [5.41, 5.74) is 1.55. The zero-order chi connectivity index (χ0) is 18.8. The number of benzene rings is 1. The van der Waals surface area contributed by atoms with Crippen molar-refractivity contribution in [1.82, 2.24) is 19.6 Å². The summed E-state index contributed by atoms with van der Waals surface area (Å²) in [6.07, 6.45) is 1.57. The number of halogens is 1. The van der Waals surface area contributed by atoms with E-state index in [1.54, 1.807) is 43.2 Å². The van der Waals surface area contributed by atoms with Crippen LogP contribution in [-0.4, -0.2) is 33.8 Å². The van der Waals surface area contributed by atoms with Gasteiger partial charge in [0.2, 0.25) is 11.8 Å². The molecule has 4 rings (SSSR count). The second-order valence-electron chi connectivity index (χ2n) is 5.63. The highest BCUT2D eigenvalue weighted by atomic mass is 35.5. The minimum atomic E-state index is 0.315. The van der Waals surface area contributed by atoms with Crippen LogP contribution >= 0.6 is 11.6 Å². The number of nitrogens with one attached hydrogen (secondary N) is 1. The van der Waals surface area contributed by atoms with E-state index in [4.69, 9.17) is 25.5 Å². The van der Waals surface area contributed by atoms with Gasteiger partial charge in [-0.2, -0.15) is 4.52 Å². The van der Waals surface area contributed by atoms with Crippen molar-refractivity contribution in [3.05, 3.63) is 53.4 Å². The first kappa shape index (κ1) is 17.2. The van der Waals surface area contributed by atoms with E-state index < -0.39 is 0 Å². The Kier molecular flexibility index (Phi) is 4.55. The number of methoxy groups -OCH3 is 2. The molecular formula is C18H16ClN5O3. The van der Waals surface area contributed by atoms with Gasteiger partial charge in [0, 0.05) is 12.6 Å². The predicted octanol–water partition coefficient (Wildman–Crippen LogP) is 3.67. The molecule has 8 nitrogen and oxygen atoms in total. The molecule has 3 aromatic heterocycles. The van der Waals surface area contributed by atoms with E-state index in [0.717, 1.165) is 5.56 Å². The number of hydrogen-bond donors (Lipinski definition) is 1. The molecule has 3 heterocycles. The monoisotopic (exact) mass is 385 g/mol. The third-order valence-electron chi connectivity index (χ3n) is 3.93. The maximum absolute atomic E-state index is 6.13. The van der Waals surface area contributed by atoms with Gasteiger partial charge in [-0.25, -0.2) is 9.97 Å². The molecule has 0 aliphatic carbocycles. The van der Waals surface area contributed by atoms with Gasteiger partial charge in [-0.15, -0.1) is 5.10 Å². The van der Waals surface area contributed by atoms with E-state index in [0.29, 0.717) is 46.4 Å². The van der Waals surface area contributed by atoms with Crippen molar-refractivity contribution >= 4 is 23.2 Å². The highest BCUT2D eigenvalue weighted by Crippen LogP contribution is 2.28. The molecule has 0 fully saturated rings. The topological polar surface area (TPSA) is 86.7 Å². The summed E-state index contributed by atoms with van der Waals surface area (Å²) in [5, 5.41) is 8.00. The SMILES string of the molecule is COc1ccc(CNc2nc(Cl)cc3nc(-c4ccco4)nn23)cc1OC. The number of hydrogen-bond acceptors (Lipinski definition) is 7. The molecule has 0 radical (unpaired) electrons. The Morgan fingerprint density at radius 2 is 1.96 bits per heavy atom. The van der Waals surface area contributed by atoms with Crippen LogP contribution < -0.4 is 14.8 Å². The van der Waals surface area contributed by atoms with Crippen LogP contribution in [0, 0.1) is 0 Å². The first-order chi connectivity index (χ1) is 13.2. The summed E-state index contributed by atoms with van der Waals surface area (Å²) in [6.45, 7) is 0.485. The maximum Gasteiger partial charge on any atom is 0.227 e. The number of furan rings is 1. The third-order valence-corrected chi connectivity index (χ3v) is 4.13. The van der Waals surface area contributed by atoms with E-state index in [9.17, 15) is 0 Å². The van der Waals surface area contributed by atoms with Crippen molar-refractivity contribution in [1.29, 1.82) is 0 Å². The summed E-state index contributed by atoms with van der Waals surface area (Å²) in [4.78, 5) is 8.75. The lowest BCUT2D eigenvalue weighted by Gasteiger charge is -2.11. The number of anilines is 1. The maximum atomic E-state index is 6.13. The second-order valence-corrected chi connectivity index (χ2v) is 6.02. The fourth-order valence-corrected chi connectivity index (χ4v) is 2.83. The van der Waals surface area contributed by atoms with E-state index in [1.165, 1.54) is 0 Å². The van der Waals surface area contributed by atoms with Crippen LogP contribution in [0.1, 0.15) is 5.56 Å². The molecule has 4 aromatic rings. The van der Waals surface area contributed by atoms with Crippen molar-refractivity contribution < 1.29 is 13.9 Å². The van der Waals surface area contributed by atoms with E-state index in [2.05, 4.69) is 20.4 Å². The molecule has 0 atom stereocenters. The van der Waals surface area contributed by atoms with Crippen LogP contribution in [0.4, 0.5) is 5.95 Å². The number of rotatable bonds is 6. The molecule has 0 saturated carbocycles. The van der Waals surface area contributed by atoms with Gasteiger partial charge in [-0.05, 0) is 29.8 Å². The molecule has 0 saturated heterocycles. The van der Waals surface area contributed by atoms with Crippen molar-refractivity contribution in [2.45, 2.75) is 6.54 Å². The van der Waals surface area contributed by atoms with Crippen molar-refractivity contribution in [2.24, 2.45) is 0 Å². The van der Waals surface area contributed by atoms with Crippen LogP contribution in [0.15, 0.2) is 47.1 Å². The molecular weight excluding hydrogens is 370 g/mol. The predicted molar refractivity (Wildman–Crippen MR) is 100 cm³/mol.